The zero-order valence-electron chi connectivity index (χ0n) is 18.3. The fourth-order valence-electron chi connectivity index (χ4n) is 3.17. The highest BCUT2D eigenvalue weighted by atomic mass is 32.3. The number of halogens is 1. The summed E-state index contributed by atoms with van der Waals surface area (Å²) in [4.78, 5) is 12.0. The molecule has 0 amide bonds. The maximum Gasteiger partial charge on any atom is 0.366 e. The number of ether oxygens (including phenoxy) is 2. The van der Waals surface area contributed by atoms with E-state index >= 15 is 4.39 Å². The van der Waals surface area contributed by atoms with Gasteiger partial charge in [0.05, 0.1) is 23.5 Å². The quantitative estimate of drug-likeness (QED) is 0.322. The third-order valence-electron chi connectivity index (χ3n) is 4.79. The van der Waals surface area contributed by atoms with E-state index in [9.17, 15) is 21.6 Å². The third-order valence-corrected chi connectivity index (χ3v) is 9.08. The summed E-state index contributed by atoms with van der Waals surface area (Å²) in [7, 11) is -8.95. The van der Waals surface area contributed by atoms with Crippen LogP contribution in [0.4, 0.5) is 4.39 Å². The predicted octanol–water partition coefficient (Wildman–Crippen LogP) is 3.46. The van der Waals surface area contributed by atoms with Crippen LogP contribution in [0.1, 0.15) is 12.5 Å². The van der Waals surface area contributed by atoms with Crippen LogP contribution in [-0.2, 0) is 35.4 Å². The predicted molar refractivity (Wildman–Crippen MR) is 122 cm³/mol. The summed E-state index contributed by atoms with van der Waals surface area (Å²) in [6.07, 6.45) is 0. The van der Waals surface area contributed by atoms with Crippen LogP contribution in [0.25, 0.3) is 0 Å². The SMILES string of the molecule is CCOC(=O)C(F)(c1ccc(OC)cc1)N(S(=O)(=O)c1ccccc1)S(=O)(=O)c1ccccc1. The molecule has 0 fully saturated rings. The van der Waals surface area contributed by atoms with Gasteiger partial charge in [0.15, 0.2) is 0 Å². The summed E-state index contributed by atoms with van der Waals surface area (Å²) in [5.41, 5.74) is -0.578. The number of benzene rings is 3. The molecule has 3 aromatic carbocycles. The molecule has 0 N–H and O–H groups in total. The third kappa shape index (κ3) is 4.54. The van der Waals surface area contributed by atoms with Crippen molar-refractivity contribution in [1.82, 2.24) is 3.71 Å². The van der Waals surface area contributed by atoms with E-state index in [2.05, 4.69) is 0 Å². The van der Waals surface area contributed by atoms with Gasteiger partial charge in [-0.25, -0.2) is 26.0 Å². The van der Waals surface area contributed by atoms with Gasteiger partial charge in [-0.15, -0.1) is 0 Å². The molecule has 0 saturated carbocycles. The van der Waals surface area contributed by atoms with Crippen LogP contribution in [-0.4, -0.2) is 40.2 Å². The summed E-state index contributed by atoms with van der Waals surface area (Å²) < 4.78 is 81.2. The second kappa shape index (κ2) is 9.92. The van der Waals surface area contributed by atoms with Crippen molar-refractivity contribution in [2.75, 3.05) is 13.7 Å². The summed E-state index contributed by atoms with van der Waals surface area (Å²) >= 11 is 0. The largest absolute Gasteiger partial charge is 0.497 e. The molecule has 3 rings (SSSR count). The first kappa shape index (κ1) is 25.3. The lowest BCUT2D eigenvalue weighted by Gasteiger charge is -2.33. The zero-order valence-corrected chi connectivity index (χ0v) is 19.9. The average Bonchev–Trinajstić information content (AvgIpc) is 2.85. The van der Waals surface area contributed by atoms with Crippen molar-refractivity contribution < 1.29 is 35.5 Å². The number of esters is 1. The van der Waals surface area contributed by atoms with E-state index in [1.165, 1.54) is 62.6 Å². The zero-order chi connectivity index (χ0) is 25.0. The standard InChI is InChI=1S/C23H22FNO7S2/c1-3-32-22(26)23(24,18-14-16-19(31-2)17-15-18)25(33(27,28)20-10-6-4-7-11-20)34(29,30)21-12-8-5-9-13-21/h4-17H,3H2,1-2H3. The summed E-state index contributed by atoms with van der Waals surface area (Å²) in [5, 5.41) is 0. The van der Waals surface area contributed by atoms with Crippen LogP contribution in [0.2, 0.25) is 0 Å². The second-order valence-corrected chi connectivity index (χ2v) is 10.7. The minimum atomic E-state index is -5.15. The molecule has 34 heavy (non-hydrogen) atoms. The molecular weight excluding hydrogens is 485 g/mol. The molecule has 0 aromatic heterocycles. The van der Waals surface area contributed by atoms with Crippen molar-refractivity contribution in [2.45, 2.75) is 22.5 Å². The monoisotopic (exact) mass is 507 g/mol. The molecule has 8 nitrogen and oxygen atoms in total. The van der Waals surface area contributed by atoms with Crippen LogP contribution in [0, 0.1) is 0 Å². The van der Waals surface area contributed by atoms with E-state index in [1.54, 1.807) is 0 Å². The number of carbonyl (C=O) groups excluding carboxylic acids is 1. The first-order chi connectivity index (χ1) is 16.1. The molecule has 0 aliphatic heterocycles. The van der Waals surface area contributed by atoms with E-state index in [0.717, 1.165) is 36.4 Å². The molecule has 0 heterocycles. The number of nitrogens with zero attached hydrogens (tertiary/aromatic N) is 1. The number of alkyl halides is 1. The fourth-order valence-corrected chi connectivity index (χ4v) is 7.13. The normalized spacial score (nSPS) is 13.8. The Kier molecular flexibility index (Phi) is 7.39. The Morgan fingerprint density at radius 1 is 0.824 bits per heavy atom. The van der Waals surface area contributed by atoms with Crippen molar-refractivity contribution in [3.8, 4) is 5.75 Å². The Labute approximate surface area is 197 Å². The van der Waals surface area contributed by atoms with Gasteiger partial charge in [-0.3, -0.25) is 0 Å². The summed E-state index contributed by atoms with van der Waals surface area (Å²) in [6, 6.07) is 17.4. The van der Waals surface area contributed by atoms with Crippen molar-refractivity contribution in [2.24, 2.45) is 0 Å². The number of hydrogen-bond acceptors (Lipinski definition) is 7. The van der Waals surface area contributed by atoms with E-state index in [-0.39, 0.29) is 12.4 Å². The lowest BCUT2D eigenvalue weighted by molar-refractivity contribution is -0.164. The van der Waals surface area contributed by atoms with E-state index in [1.807, 2.05) is 0 Å². The van der Waals surface area contributed by atoms with Crippen molar-refractivity contribution in [3.63, 3.8) is 0 Å². The number of methoxy groups -OCH3 is 1. The molecule has 0 radical (unpaired) electrons. The van der Waals surface area contributed by atoms with Gasteiger partial charge in [-0.1, -0.05) is 48.5 Å². The van der Waals surface area contributed by atoms with E-state index in [0.29, 0.717) is 0 Å². The van der Waals surface area contributed by atoms with Crippen LogP contribution < -0.4 is 4.74 Å². The highest BCUT2D eigenvalue weighted by Gasteiger charge is 2.60. The number of carbonyl (C=O) groups is 1. The van der Waals surface area contributed by atoms with E-state index in [4.69, 9.17) is 9.47 Å². The molecule has 0 saturated heterocycles. The van der Waals surface area contributed by atoms with E-state index < -0.39 is 50.9 Å². The minimum absolute atomic E-state index is 0.276. The minimum Gasteiger partial charge on any atom is -0.497 e. The van der Waals surface area contributed by atoms with Gasteiger partial charge in [-0.2, -0.15) is 0 Å². The smallest absolute Gasteiger partial charge is 0.366 e. The van der Waals surface area contributed by atoms with Gasteiger partial charge in [0.2, 0.25) is 0 Å². The molecule has 11 heteroatoms. The maximum atomic E-state index is 17.0. The van der Waals surface area contributed by atoms with Crippen LogP contribution in [0.3, 0.4) is 0 Å². The molecule has 0 bridgehead atoms. The van der Waals surface area contributed by atoms with Gasteiger partial charge in [0.1, 0.15) is 5.75 Å². The Balaban J connectivity index is 2.40. The Morgan fingerprint density at radius 2 is 1.26 bits per heavy atom. The summed E-state index contributed by atoms with van der Waals surface area (Å²) in [6.45, 7) is 1.05. The highest BCUT2D eigenvalue weighted by Crippen LogP contribution is 2.41. The number of rotatable bonds is 9. The first-order valence-electron chi connectivity index (χ1n) is 10.0. The fraction of sp³-hybridized carbons (Fsp3) is 0.174. The van der Waals surface area contributed by atoms with Gasteiger partial charge in [0, 0.05) is 5.56 Å². The first-order valence-corrected chi connectivity index (χ1v) is 12.9. The van der Waals surface area contributed by atoms with Crippen molar-refractivity contribution in [1.29, 1.82) is 0 Å². The Hall–Kier alpha value is -3.28. The van der Waals surface area contributed by atoms with Gasteiger partial charge in [0.25, 0.3) is 20.0 Å². The van der Waals surface area contributed by atoms with Gasteiger partial charge in [-0.05, 0) is 47.0 Å². The number of hydrogen-bond donors (Lipinski definition) is 0. The molecular formula is C23H22FNO7S2. The lowest BCUT2D eigenvalue weighted by atomic mass is 10.1. The second-order valence-electron chi connectivity index (χ2n) is 6.90. The molecule has 3 aromatic rings. The van der Waals surface area contributed by atoms with Crippen molar-refractivity contribution >= 4 is 26.0 Å². The highest BCUT2D eigenvalue weighted by molar-refractivity contribution is 8.04. The molecule has 0 aliphatic rings. The Bertz CT molecular complexity index is 1280. The molecule has 1 unspecified atom stereocenters. The van der Waals surface area contributed by atoms with Crippen molar-refractivity contribution in [3.05, 3.63) is 90.5 Å². The van der Waals surface area contributed by atoms with Crippen LogP contribution in [0.5, 0.6) is 5.75 Å². The topological polar surface area (TPSA) is 107 Å². The molecule has 180 valence electrons. The Morgan fingerprint density at radius 3 is 1.65 bits per heavy atom. The van der Waals surface area contributed by atoms with Crippen LogP contribution in [0.15, 0.2) is 94.7 Å². The lowest BCUT2D eigenvalue weighted by Crippen LogP contribution is -2.54. The molecule has 0 aliphatic carbocycles. The van der Waals surface area contributed by atoms with Gasteiger partial charge >= 0.3 is 11.8 Å². The van der Waals surface area contributed by atoms with Gasteiger partial charge < -0.3 is 9.47 Å². The van der Waals surface area contributed by atoms with Crippen LogP contribution >= 0.6 is 0 Å². The molecule has 0 spiro atoms. The average molecular weight is 508 g/mol. The maximum absolute atomic E-state index is 17.0. The summed E-state index contributed by atoms with van der Waals surface area (Å²) in [5.74, 6) is -5.21. The molecule has 1 atom stereocenters. The number of sulfonamides is 2.